The molecule has 0 unspecified atom stereocenters. The first-order valence-corrected chi connectivity index (χ1v) is 14.0. The van der Waals surface area contributed by atoms with Crippen LogP contribution in [-0.4, -0.2) is 40.6 Å². The van der Waals surface area contributed by atoms with E-state index in [1.165, 1.54) is 17.1 Å². The molecule has 2 aromatic carbocycles. The molecule has 204 valence electrons. The van der Waals surface area contributed by atoms with Gasteiger partial charge in [0.15, 0.2) is 0 Å². The highest BCUT2D eigenvalue weighted by atomic mass is 32.2. The molecule has 0 bridgehead atoms. The Morgan fingerprint density at radius 3 is 2.36 bits per heavy atom. The second-order valence-electron chi connectivity index (χ2n) is 9.70. The van der Waals surface area contributed by atoms with Crippen LogP contribution in [0.25, 0.3) is 11.3 Å². The SMILES string of the molecule is Cc1cccc(C)c1-c1cc(Oc2ccc(C(=O)NCCC(C)C)cc2)nc(NS(=O)(=O)c2cnn(C)c2)n1. The van der Waals surface area contributed by atoms with Crippen molar-refractivity contribution in [3.8, 4) is 22.9 Å². The van der Waals surface area contributed by atoms with Crippen molar-refractivity contribution in [2.75, 3.05) is 11.3 Å². The molecule has 0 aliphatic heterocycles. The van der Waals surface area contributed by atoms with Gasteiger partial charge in [-0.3, -0.25) is 9.48 Å². The Morgan fingerprint density at radius 1 is 1.05 bits per heavy atom. The number of aryl methyl sites for hydroxylation is 3. The molecule has 0 fully saturated rings. The molecule has 4 rings (SSSR count). The van der Waals surface area contributed by atoms with Crippen LogP contribution in [-0.2, 0) is 17.1 Å². The van der Waals surface area contributed by atoms with Crippen molar-refractivity contribution in [1.82, 2.24) is 25.1 Å². The van der Waals surface area contributed by atoms with Crippen molar-refractivity contribution in [3.05, 3.63) is 77.6 Å². The number of rotatable bonds is 10. The molecule has 2 heterocycles. The van der Waals surface area contributed by atoms with Gasteiger partial charge in [0.05, 0.1) is 11.9 Å². The standard InChI is InChI=1S/C28H32N6O4S/c1-18(2)13-14-29-27(35)21-9-11-22(12-10-21)38-25-15-24(26-19(3)7-6-8-20(26)4)31-28(32-25)33-39(36,37)23-16-30-34(5)17-23/h6-12,15-18H,13-14H2,1-5H3,(H,29,35)(H,31,32,33). The fourth-order valence-corrected chi connectivity index (χ4v) is 4.88. The summed E-state index contributed by atoms with van der Waals surface area (Å²) in [6, 6.07) is 14.2. The highest BCUT2D eigenvalue weighted by molar-refractivity contribution is 7.92. The van der Waals surface area contributed by atoms with Crippen molar-refractivity contribution in [2.45, 2.75) is 39.0 Å². The average molecular weight is 549 g/mol. The van der Waals surface area contributed by atoms with Gasteiger partial charge in [-0.25, -0.2) is 18.1 Å². The predicted octanol–water partition coefficient (Wildman–Crippen LogP) is 4.86. The van der Waals surface area contributed by atoms with Crippen LogP contribution in [0, 0.1) is 19.8 Å². The second-order valence-corrected chi connectivity index (χ2v) is 11.4. The molecular formula is C28H32N6O4S. The average Bonchev–Trinajstić information content (AvgIpc) is 3.31. The predicted molar refractivity (Wildman–Crippen MR) is 149 cm³/mol. The zero-order valence-corrected chi connectivity index (χ0v) is 23.4. The third kappa shape index (κ3) is 6.99. The van der Waals surface area contributed by atoms with Gasteiger partial charge in [0.25, 0.3) is 15.9 Å². The van der Waals surface area contributed by atoms with Crippen LogP contribution in [0.1, 0.15) is 41.8 Å². The van der Waals surface area contributed by atoms with Gasteiger partial charge < -0.3 is 10.1 Å². The smallest absolute Gasteiger partial charge is 0.267 e. The summed E-state index contributed by atoms with van der Waals surface area (Å²) >= 11 is 0. The molecule has 0 aliphatic carbocycles. The number of benzene rings is 2. The summed E-state index contributed by atoms with van der Waals surface area (Å²) in [6.45, 7) is 8.72. The largest absolute Gasteiger partial charge is 0.439 e. The number of sulfonamides is 1. The van der Waals surface area contributed by atoms with Gasteiger partial charge in [-0.1, -0.05) is 32.0 Å². The Balaban J connectivity index is 1.64. The Labute approximate surface area is 228 Å². The minimum atomic E-state index is -3.99. The van der Waals surface area contributed by atoms with E-state index in [2.05, 4.69) is 39.0 Å². The zero-order chi connectivity index (χ0) is 28.2. The van der Waals surface area contributed by atoms with Crippen molar-refractivity contribution < 1.29 is 17.9 Å². The molecule has 39 heavy (non-hydrogen) atoms. The normalized spacial score (nSPS) is 11.4. The van der Waals surface area contributed by atoms with E-state index in [-0.39, 0.29) is 22.6 Å². The van der Waals surface area contributed by atoms with E-state index in [9.17, 15) is 13.2 Å². The molecular weight excluding hydrogens is 516 g/mol. The van der Waals surface area contributed by atoms with Crippen LogP contribution < -0.4 is 14.8 Å². The highest BCUT2D eigenvalue weighted by Gasteiger charge is 2.20. The van der Waals surface area contributed by atoms with E-state index in [0.717, 1.165) is 23.1 Å². The molecule has 0 saturated carbocycles. The molecule has 2 N–H and O–H groups in total. The van der Waals surface area contributed by atoms with E-state index in [1.807, 2.05) is 32.0 Å². The van der Waals surface area contributed by atoms with Crippen LogP contribution in [0.15, 0.2) is 65.8 Å². The van der Waals surface area contributed by atoms with Crippen LogP contribution in [0.5, 0.6) is 11.6 Å². The van der Waals surface area contributed by atoms with Crippen LogP contribution in [0.3, 0.4) is 0 Å². The van der Waals surface area contributed by atoms with E-state index in [0.29, 0.717) is 29.5 Å². The summed E-state index contributed by atoms with van der Waals surface area (Å²) in [5.74, 6) is 0.770. The number of nitrogens with one attached hydrogen (secondary N) is 2. The first kappa shape index (κ1) is 27.8. The monoisotopic (exact) mass is 548 g/mol. The van der Waals surface area contributed by atoms with Crippen molar-refractivity contribution in [2.24, 2.45) is 13.0 Å². The Kier molecular flexibility index (Phi) is 8.29. The van der Waals surface area contributed by atoms with E-state index in [4.69, 9.17) is 4.74 Å². The van der Waals surface area contributed by atoms with E-state index in [1.54, 1.807) is 37.4 Å². The zero-order valence-electron chi connectivity index (χ0n) is 22.6. The van der Waals surface area contributed by atoms with Crippen LogP contribution in [0.4, 0.5) is 5.95 Å². The molecule has 0 saturated heterocycles. The maximum absolute atomic E-state index is 13.0. The minimum Gasteiger partial charge on any atom is -0.439 e. The van der Waals surface area contributed by atoms with Crippen molar-refractivity contribution in [1.29, 1.82) is 0 Å². The van der Waals surface area contributed by atoms with Gasteiger partial charge in [0.1, 0.15) is 10.6 Å². The number of ether oxygens (including phenoxy) is 1. The summed E-state index contributed by atoms with van der Waals surface area (Å²) in [5, 5.41) is 6.84. The fourth-order valence-electron chi connectivity index (χ4n) is 3.96. The lowest BCUT2D eigenvalue weighted by Crippen LogP contribution is -2.25. The lowest BCUT2D eigenvalue weighted by atomic mass is 10.00. The lowest BCUT2D eigenvalue weighted by Gasteiger charge is -2.14. The molecule has 0 spiro atoms. The van der Waals surface area contributed by atoms with Gasteiger partial charge in [0.2, 0.25) is 11.8 Å². The fraction of sp³-hybridized carbons (Fsp3) is 0.286. The number of hydrogen-bond donors (Lipinski definition) is 2. The Hall–Kier alpha value is -4.25. The summed E-state index contributed by atoms with van der Waals surface area (Å²) in [7, 11) is -2.36. The quantitative estimate of drug-likeness (QED) is 0.290. The molecule has 11 heteroatoms. The van der Waals surface area contributed by atoms with Crippen molar-refractivity contribution in [3.63, 3.8) is 0 Å². The number of aromatic nitrogens is 4. The van der Waals surface area contributed by atoms with Gasteiger partial charge >= 0.3 is 0 Å². The highest BCUT2D eigenvalue weighted by Crippen LogP contribution is 2.31. The first-order valence-electron chi connectivity index (χ1n) is 12.5. The van der Waals surface area contributed by atoms with Gasteiger partial charge in [-0.15, -0.1) is 0 Å². The molecule has 4 aromatic rings. The minimum absolute atomic E-state index is 0.0178. The number of anilines is 1. The maximum atomic E-state index is 13.0. The first-order chi connectivity index (χ1) is 18.5. The summed E-state index contributed by atoms with van der Waals surface area (Å²) in [6.07, 6.45) is 3.53. The van der Waals surface area contributed by atoms with Gasteiger partial charge in [-0.2, -0.15) is 10.1 Å². The van der Waals surface area contributed by atoms with E-state index >= 15 is 0 Å². The van der Waals surface area contributed by atoms with Crippen molar-refractivity contribution >= 4 is 21.9 Å². The number of nitrogens with zero attached hydrogens (tertiary/aromatic N) is 4. The molecule has 1 amide bonds. The van der Waals surface area contributed by atoms with Gasteiger partial charge in [-0.05, 0) is 61.6 Å². The Bertz CT molecular complexity index is 1560. The number of amides is 1. The third-order valence-corrected chi connectivity index (χ3v) is 7.29. The molecule has 0 radical (unpaired) electrons. The Morgan fingerprint density at radius 2 is 1.74 bits per heavy atom. The van der Waals surface area contributed by atoms with E-state index < -0.39 is 10.0 Å². The third-order valence-electron chi connectivity index (χ3n) is 6.00. The molecule has 0 atom stereocenters. The number of carbonyl (C=O) groups excluding carboxylic acids is 1. The van der Waals surface area contributed by atoms with Crippen LogP contribution >= 0.6 is 0 Å². The lowest BCUT2D eigenvalue weighted by molar-refractivity contribution is 0.0952. The number of hydrogen-bond acceptors (Lipinski definition) is 7. The molecule has 2 aromatic heterocycles. The summed E-state index contributed by atoms with van der Waals surface area (Å²) in [4.78, 5) is 21.2. The number of carbonyl (C=O) groups is 1. The van der Waals surface area contributed by atoms with Gasteiger partial charge in [0, 0.05) is 37.0 Å². The maximum Gasteiger partial charge on any atom is 0.267 e. The summed E-state index contributed by atoms with van der Waals surface area (Å²) in [5.41, 5.74) is 3.79. The summed E-state index contributed by atoms with van der Waals surface area (Å²) < 4.78 is 35.7. The van der Waals surface area contributed by atoms with Crippen LogP contribution in [0.2, 0.25) is 0 Å². The topological polar surface area (TPSA) is 128 Å². The second kappa shape index (κ2) is 11.6. The molecule has 10 nitrogen and oxygen atoms in total. The molecule has 0 aliphatic rings.